The van der Waals surface area contributed by atoms with Gasteiger partial charge in [0, 0.05) is 27.1 Å². The Hall–Kier alpha value is -2.35. The van der Waals surface area contributed by atoms with Crippen molar-refractivity contribution in [2.24, 2.45) is 11.3 Å². The number of hydrogen-bond donors (Lipinski definition) is 0. The summed E-state index contributed by atoms with van der Waals surface area (Å²) in [5.41, 5.74) is -0.720. The van der Waals surface area contributed by atoms with Crippen molar-refractivity contribution in [2.45, 2.75) is 32.2 Å². The fourth-order valence-corrected chi connectivity index (χ4v) is 6.17. The molecular formula is C25H25BrO5Si. The van der Waals surface area contributed by atoms with Gasteiger partial charge in [-0.3, -0.25) is 14.4 Å². The molecule has 0 aliphatic heterocycles. The molecular weight excluding hydrogens is 488 g/mol. The van der Waals surface area contributed by atoms with Gasteiger partial charge in [0.25, 0.3) is 0 Å². The average molecular weight is 513 g/mol. The Bertz CT molecular complexity index is 1150. The SMILES string of the molecule is COc1ccc(Br)c(C(=O)[C@@]23C(=O)c4ccccc4C(=O)[C@@H]2CC=C[C@@H]3O[Si](C)(C)C)c1. The smallest absolute Gasteiger partial charge is 0.184 e. The van der Waals surface area contributed by atoms with Crippen LogP contribution in [0.4, 0.5) is 0 Å². The van der Waals surface area contributed by atoms with Crippen molar-refractivity contribution in [3.8, 4) is 5.75 Å². The van der Waals surface area contributed by atoms with E-state index in [1.54, 1.807) is 48.5 Å². The van der Waals surface area contributed by atoms with E-state index in [1.807, 2.05) is 25.7 Å². The minimum absolute atomic E-state index is 0.193. The van der Waals surface area contributed by atoms with Gasteiger partial charge in [-0.05, 0) is 44.3 Å². The Morgan fingerprint density at radius 1 is 1.09 bits per heavy atom. The standard InChI is InChI=1S/C25H25BrO5Si/c1-30-15-12-13-20(26)18(14-15)24(29)25-19(10-7-11-21(25)31-32(2,3)4)22(27)16-8-5-6-9-17(16)23(25)28/h5-9,11-14,19,21H,10H2,1-4H3/t19-,21-,25-/m0/s1. The van der Waals surface area contributed by atoms with Crippen LogP contribution in [0.2, 0.25) is 19.6 Å². The summed E-state index contributed by atoms with van der Waals surface area (Å²) in [6, 6.07) is 11.8. The first kappa shape index (κ1) is 22.8. The molecule has 5 nitrogen and oxygen atoms in total. The monoisotopic (exact) mass is 512 g/mol. The van der Waals surface area contributed by atoms with Gasteiger partial charge < -0.3 is 9.16 Å². The molecule has 32 heavy (non-hydrogen) atoms. The molecule has 0 saturated carbocycles. The quantitative estimate of drug-likeness (QED) is 0.229. The highest BCUT2D eigenvalue weighted by atomic mass is 79.9. The van der Waals surface area contributed by atoms with E-state index < -0.39 is 31.5 Å². The fourth-order valence-electron chi connectivity index (χ4n) is 4.71. The number of ether oxygens (including phenoxy) is 1. The highest BCUT2D eigenvalue weighted by molar-refractivity contribution is 9.10. The van der Waals surface area contributed by atoms with Gasteiger partial charge in [0.15, 0.2) is 25.7 Å². The van der Waals surface area contributed by atoms with E-state index in [0.717, 1.165) is 0 Å². The molecule has 0 radical (unpaired) electrons. The number of hydrogen-bond acceptors (Lipinski definition) is 5. The van der Waals surface area contributed by atoms with Crippen LogP contribution in [-0.2, 0) is 4.43 Å². The summed E-state index contributed by atoms with van der Waals surface area (Å²) in [5.74, 6) is -1.31. The van der Waals surface area contributed by atoms with Crippen LogP contribution in [0.15, 0.2) is 59.1 Å². The third kappa shape index (κ3) is 3.52. The van der Waals surface area contributed by atoms with E-state index in [9.17, 15) is 14.4 Å². The van der Waals surface area contributed by atoms with Crippen LogP contribution in [-0.4, -0.2) is 38.9 Å². The summed E-state index contributed by atoms with van der Waals surface area (Å²) in [7, 11) is -0.674. The van der Waals surface area contributed by atoms with E-state index in [-0.39, 0.29) is 17.1 Å². The summed E-state index contributed by atoms with van der Waals surface area (Å²) in [4.78, 5) is 42.2. The zero-order valence-corrected chi connectivity index (χ0v) is 21.1. The molecule has 0 saturated heterocycles. The van der Waals surface area contributed by atoms with Crippen LogP contribution >= 0.6 is 15.9 Å². The maximum Gasteiger partial charge on any atom is 0.184 e. The van der Waals surface area contributed by atoms with E-state index in [4.69, 9.17) is 9.16 Å². The van der Waals surface area contributed by atoms with Crippen LogP contribution in [0, 0.1) is 11.3 Å². The Labute approximate surface area is 197 Å². The van der Waals surface area contributed by atoms with Gasteiger partial charge in [0.2, 0.25) is 0 Å². The van der Waals surface area contributed by atoms with Crippen molar-refractivity contribution in [3.63, 3.8) is 0 Å². The fraction of sp³-hybridized carbons (Fsp3) is 0.320. The molecule has 0 spiro atoms. The van der Waals surface area contributed by atoms with E-state index >= 15 is 0 Å². The molecule has 0 unspecified atom stereocenters. The second kappa shape index (κ2) is 8.21. The number of rotatable bonds is 5. The van der Waals surface area contributed by atoms with Crippen LogP contribution in [0.1, 0.15) is 37.5 Å². The number of carbonyl (C=O) groups is 3. The molecule has 0 fully saturated rings. The van der Waals surface area contributed by atoms with Crippen LogP contribution in [0.25, 0.3) is 0 Å². The van der Waals surface area contributed by atoms with Crippen molar-refractivity contribution < 1.29 is 23.5 Å². The third-order valence-corrected chi connectivity index (χ3v) is 7.74. The van der Waals surface area contributed by atoms with Gasteiger partial charge in [0.05, 0.1) is 13.2 Å². The number of Topliss-reactive ketones (excluding diaryl/α,β-unsaturated/α-hetero) is 3. The molecule has 0 N–H and O–H groups in total. The summed E-state index contributed by atoms with van der Waals surface area (Å²) in [5, 5.41) is 0. The Kier molecular flexibility index (Phi) is 5.86. The number of halogens is 1. The molecule has 7 heteroatoms. The Morgan fingerprint density at radius 3 is 2.44 bits per heavy atom. The second-order valence-corrected chi connectivity index (χ2v) is 14.5. The van der Waals surface area contributed by atoms with Crippen molar-refractivity contribution >= 4 is 41.6 Å². The molecule has 2 aromatic rings. The lowest BCUT2D eigenvalue weighted by Gasteiger charge is -2.48. The highest BCUT2D eigenvalue weighted by Crippen LogP contribution is 2.51. The Balaban J connectivity index is 2.01. The van der Waals surface area contributed by atoms with Crippen LogP contribution in [0.5, 0.6) is 5.75 Å². The molecule has 2 aliphatic rings. The normalized spacial score (nSPS) is 24.7. The largest absolute Gasteiger partial charge is 0.497 e. The molecule has 0 heterocycles. The van der Waals surface area contributed by atoms with Gasteiger partial charge in [-0.2, -0.15) is 0 Å². The maximum absolute atomic E-state index is 14.3. The van der Waals surface area contributed by atoms with Gasteiger partial charge in [-0.15, -0.1) is 0 Å². The molecule has 0 amide bonds. The van der Waals surface area contributed by atoms with Gasteiger partial charge in [0.1, 0.15) is 11.2 Å². The van der Waals surface area contributed by atoms with Gasteiger partial charge in [-0.1, -0.05) is 52.3 Å². The summed E-state index contributed by atoms with van der Waals surface area (Å²) >= 11 is 3.47. The molecule has 2 aromatic carbocycles. The molecule has 0 bridgehead atoms. The van der Waals surface area contributed by atoms with Gasteiger partial charge in [-0.25, -0.2) is 0 Å². The summed E-state index contributed by atoms with van der Waals surface area (Å²) < 4.78 is 12.3. The number of allylic oxidation sites excluding steroid dienone is 1. The Morgan fingerprint density at radius 2 is 1.78 bits per heavy atom. The first-order valence-electron chi connectivity index (χ1n) is 10.5. The van der Waals surface area contributed by atoms with Crippen molar-refractivity contribution in [3.05, 3.63) is 75.8 Å². The zero-order chi connectivity index (χ0) is 23.3. The first-order valence-corrected chi connectivity index (χ1v) is 14.7. The average Bonchev–Trinajstić information content (AvgIpc) is 2.76. The predicted molar refractivity (Wildman–Crippen MR) is 128 cm³/mol. The topological polar surface area (TPSA) is 69.7 Å². The lowest BCUT2D eigenvalue weighted by molar-refractivity contribution is 0.0169. The molecule has 4 rings (SSSR count). The molecule has 2 aliphatic carbocycles. The van der Waals surface area contributed by atoms with E-state index in [1.165, 1.54) is 7.11 Å². The van der Waals surface area contributed by atoms with E-state index in [2.05, 4.69) is 15.9 Å². The highest BCUT2D eigenvalue weighted by Gasteiger charge is 2.63. The lowest BCUT2D eigenvalue weighted by atomic mass is 9.54. The van der Waals surface area contributed by atoms with Crippen LogP contribution < -0.4 is 4.74 Å². The second-order valence-electron chi connectivity index (χ2n) is 9.15. The number of methoxy groups -OCH3 is 1. The summed E-state index contributed by atoms with van der Waals surface area (Å²) in [6.07, 6.45) is 3.13. The molecule has 166 valence electrons. The first-order chi connectivity index (χ1) is 15.1. The minimum atomic E-state index is -2.19. The predicted octanol–water partition coefficient (Wildman–Crippen LogP) is 5.50. The number of benzene rings is 2. The number of carbonyl (C=O) groups excluding carboxylic acids is 3. The summed E-state index contributed by atoms with van der Waals surface area (Å²) in [6.45, 7) is 6.02. The molecule has 0 aromatic heterocycles. The minimum Gasteiger partial charge on any atom is -0.497 e. The lowest BCUT2D eigenvalue weighted by Crippen LogP contribution is -2.61. The van der Waals surface area contributed by atoms with E-state index in [0.29, 0.717) is 27.8 Å². The van der Waals surface area contributed by atoms with Crippen molar-refractivity contribution in [2.75, 3.05) is 7.11 Å². The third-order valence-electron chi connectivity index (χ3n) is 6.08. The van der Waals surface area contributed by atoms with Crippen LogP contribution in [0.3, 0.4) is 0 Å². The number of ketones is 3. The van der Waals surface area contributed by atoms with Gasteiger partial charge >= 0.3 is 0 Å². The van der Waals surface area contributed by atoms with Crippen molar-refractivity contribution in [1.29, 1.82) is 0 Å². The maximum atomic E-state index is 14.3. The number of fused-ring (bicyclic) bond motifs is 2. The zero-order valence-electron chi connectivity index (χ0n) is 18.5. The molecule has 3 atom stereocenters. The van der Waals surface area contributed by atoms with Crippen molar-refractivity contribution in [1.82, 2.24) is 0 Å².